The number of hydrogen-bond acceptors (Lipinski definition) is 4. The van der Waals surface area contributed by atoms with Crippen LogP contribution >= 0.6 is 0 Å². The van der Waals surface area contributed by atoms with Gasteiger partial charge in [-0.2, -0.15) is 0 Å². The lowest BCUT2D eigenvalue weighted by molar-refractivity contribution is 0.415. The molecule has 3 heterocycles. The summed E-state index contributed by atoms with van der Waals surface area (Å²) in [4.78, 5) is 23.0. The molecule has 0 spiro atoms. The third-order valence-corrected chi connectivity index (χ3v) is 4.14. The second kappa shape index (κ2) is 4.99. The van der Waals surface area contributed by atoms with Crippen molar-refractivity contribution in [3.05, 3.63) is 57.9 Å². The number of rotatable bonds is 2. The maximum Gasteiger partial charge on any atom is 0.253 e. The van der Waals surface area contributed by atoms with Crippen molar-refractivity contribution in [1.82, 2.24) is 20.3 Å². The lowest BCUT2D eigenvalue weighted by Crippen LogP contribution is -2.34. The van der Waals surface area contributed by atoms with E-state index < -0.39 is 0 Å². The molecule has 6 nitrogen and oxygen atoms in total. The molecule has 1 atom stereocenters. The number of aromatic amines is 2. The van der Waals surface area contributed by atoms with Gasteiger partial charge in [0.15, 0.2) is 0 Å². The van der Waals surface area contributed by atoms with Gasteiger partial charge in [0.05, 0.1) is 30.7 Å². The third-order valence-electron chi connectivity index (χ3n) is 4.14. The molecule has 6 heteroatoms. The minimum absolute atomic E-state index is 0.103. The van der Waals surface area contributed by atoms with Crippen LogP contribution in [0.25, 0.3) is 10.9 Å². The summed E-state index contributed by atoms with van der Waals surface area (Å²) in [5, 5.41) is 4.35. The molecule has 0 amide bonds. The van der Waals surface area contributed by atoms with Crippen LogP contribution < -0.4 is 15.6 Å². The molecule has 2 aromatic heterocycles. The first-order chi connectivity index (χ1) is 10.8. The second-order valence-electron chi connectivity index (χ2n) is 5.41. The van der Waals surface area contributed by atoms with Gasteiger partial charge >= 0.3 is 0 Å². The molecular weight excluding hydrogens is 280 g/mol. The van der Waals surface area contributed by atoms with Crippen molar-refractivity contribution in [2.75, 3.05) is 13.7 Å². The van der Waals surface area contributed by atoms with E-state index in [4.69, 9.17) is 4.74 Å². The molecule has 1 aliphatic rings. The van der Waals surface area contributed by atoms with Gasteiger partial charge in [-0.3, -0.25) is 4.79 Å². The average Bonchev–Trinajstić information content (AvgIpc) is 3.02. The molecule has 0 aliphatic carbocycles. The predicted octanol–water partition coefficient (Wildman–Crippen LogP) is 1.49. The molecule has 0 bridgehead atoms. The number of aromatic nitrogens is 3. The predicted molar refractivity (Wildman–Crippen MR) is 83.3 cm³/mol. The van der Waals surface area contributed by atoms with Crippen LogP contribution in [0.5, 0.6) is 5.75 Å². The van der Waals surface area contributed by atoms with Crippen molar-refractivity contribution >= 4 is 10.9 Å². The highest BCUT2D eigenvalue weighted by molar-refractivity contribution is 5.80. The van der Waals surface area contributed by atoms with Crippen LogP contribution in [0.15, 0.2) is 35.4 Å². The van der Waals surface area contributed by atoms with E-state index >= 15 is 0 Å². The Balaban J connectivity index is 1.87. The monoisotopic (exact) mass is 296 g/mol. The molecule has 0 saturated heterocycles. The first kappa shape index (κ1) is 13.1. The summed E-state index contributed by atoms with van der Waals surface area (Å²) < 4.78 is 5.20. The SMILES string of the molecule is COc1ccc2cc([C@H]3NCCc4[nH]cnc43)c(=O)[nH]c2c1. The van der Waals surface area contributed by atoms with E-state index in [2.05, 4.69) is 20.3 Å². The molecule has 3 N–H and O–H groups in total. The van der Waals surface area contributed by atoms with E-state index in [1.54, 1.807) is 13.4 Å². The van der Waals surface area contributed by atoms with Crippen molar-refractivity contribution in [2.45, 2.75) is 12.5 Å². The standard InChI is InChI=1S/C16H16N4O2/c1-22-10-3-2-9-6-11(16(21)20-13(9)7-10)14-15-12(4-5-17-14)18-8-19-15/h2-3,6-8,14,17H,4-5H2,1H3,(H,18,19)(H,20,21)/t14-/m1/s1. The normalized spacial score (nSPS) is 17.4. The van der Waals surface area contributed by atoms with Crippen LogP contribution in [0.3, 0.4) is 0 Å². The average molecular weight is 296 g/mol. The fraction of sp³-hybridized carbons (Fsp3) is 0.250. The lowest BCUT2D eigenvalue weighted by Gasteiger charge is -2.22. The van der Waals surface area contributed by atoms with Crippen molar-refractivity contribution in [1.29, 1.82) is 0 Å². The van der Waals surface area contributed by atoms with E-state index in [1.807, 2.05) is 24.3 Å². The number of ether oxygens (including phenoxy) is 1. The first-order valence-electron chi connectivity index (χ1n) is 7.23. The first-order valence-corrected chi connectivity index (χ1v) is 7.23. The summed E-state index contributed by atoms with van der Waals surface area (Å²) >= 11 is 0. The minimum atomic E-state index is -0.176. The fourth-order valence-electron chi connectivity index (χ4n) is 3.01. The number of benzene rings is 1. The van der Waals surface area contributed by atoms with Gasteiger partial charge in [0.2, 0.25) is 0 Å². The van der Waals surface area contributed by atoms with Crippen LogP contribution in [-0.2, 0) is 6.42 Å². The molecular formula is C16H16N4O2. The van der Waals surface area contributed by atoms with Gasteiger partial charge in [0.1, 0.15) is 5.75 Å². The van der Waals surface area contributed by atoms with Gasteiger partial charge in [0, 0.05) is 30.3 Å². The van der Waals surface area contributed by atoms with Gasteiger partial charge in [-0.25, -0.2) is 4.98 Å². The zero-order valence-corrected chi connectivity index (χ0v) is 12.1. The van der Waals surface area contributed by atoms with Gasteiger partial charge in [-0.05, 0) is 23.6 Å². The molecule has 4 rings (SSSR count). The Morgan fingerprint density at radius 2 is 2.23 bits per heavy atom. The van der Waals surface area contributed by atoms with Crippen LogP contribution in [0.2, 0.25) is 0 Å². The highest BCUT2D eigenvalue weighted by Crippen LogP contribution is 2.26. The number of pyridine rings is 1. The number of nitrogens with one attached hydrogen (secondary N) is 3. The number of H-pyrrole nitrogens is 2. The number of nitrogens with zero attached hydrogens (tertiary/aromatic N) is 1. The lowest BCUT2D eigenvalue weighted by atomic mass is 9.98. The Hall–Kier alpha value is -2.60. The van der Waals surface area contributed by atoms with Gasteiger partial charge < -0.3 is 20.0 Å². The van der Waals surface area contributed by atoms with Gasteiger partial charge in [0.25, 0.3) is 5.56 Å². The van der Waals surface area contributed by atoms with Gasteiger partial charge in [-0.15, -0.1) is 0 Å². The molecule has 112 valence electrons. The summed E-state index contributed by atoms with van der Waals surface area (Å²) in [6.45, 7) is 0.819. The summed E-state index contributed by atoms with van der Waals surface area (Å²) in [5.41, 5.74) is 3.36. The minimum Gasteiger partial charge on any atom is -0.497 e. The van der Waals surface area contributed by atoms with Crippen molar-refractivity contribution in [2.24, 2.45) is 0 Å². The Bertz CT molecular complexity index is 897. The van der Waals surface area contributed by atoms with Crippen LogP contribution in [0.4, 0.5) is 0 Å². The topological polar surface area (TPSA) is 82.8 Å². The van der Waals surface area contributed by atoms with Crippen LogP contribution in [0.1, 0.15) is 23.0 Å². The molecule has 0 unspecified atom stereocenters. The maximum atomic E-state index is 12.5. The molecule has 1 aliphatic heterocycles. The second-order valence-corrected chi connectivity index (χ2v) is 5.41. The maximum absolute atomic E-state index is 12.5. The van der Waals surface area contributed by atoms with Crippen LogP contribution in [0, 0.1) is 0 Å². The van der Waals surface area contributed by atoms with E-state index in [0.717, 1.165) is 41.0 Å². The number of imidazole rings is 1. The molecule has 22 heavy (non-hydrogen) atoms. The van der Waals surface area contributed by atoms with Crippen molar-refractivity contribution < 1.29 is 4.74 Å². The van der Waals surface area contributed by atoms with E-state index in [1.165, 1.54) is 0 Å². The quantitative estimate of drug-likeness (QED) is 0.669. The van der Waals surface area contributed by atoms with Crippen molar-refractivity contribution in [3.63, 3.8) is 0 Å². The van der Waals surface area contributed by atoms with E-state index in [0.29, 0.717) is 5.56 Å². The fourth-order valence-corrected chi connectivity index (χ4v) is 3.01. The zero-order valence-electron chi connectivity index (χ0n) is 12.1. The van der Waals surface area contributed by atoms with Crippen LogP contribution in [-0.4, -0.2) is 28.6 Å². The smallest absolute Gasteiger partial charge is 0.253 e. The Morgan fingerprint density at radius 1 is 1.32 bits per heavy atom. The molecule has 3 aromatic rings. The highest BCUT2D eigenvalue weighted by Gasteiger charge is 2.26. The highest BCUT2D eigenvalue weighted by atomic mass is 16.5. The number of hydrogen-bond donors (Lipinski definition) is 3. The Kier molecular flexibility index (Phi) is 2.97. The van der Waals surface area contributed by atoms with Gasteiger partial charge in [-0.1, -0.05) is 0 Å². The number of fused-ring (bicyclic) bond motifs is 2. The summed E-state index contributed by atoms with van der Waals surface area (Å²) in [5.74, 6) is 0.723. The van der Waals surface area contributed by atoms with E-state index in [9.17, 15) is 4.79 Å². The summed E-state index contributed by atoms with van der Waals surface area (Å²) in [6, 6.07) is 7.41. The third kappa shape index (κ3) is 2.00. The summed E-state index contributed by atoms with van der Waals surface area (Å²) in [7, 11) is 1.61. The Labute approximate surface area is 126 Å². The molecule has 0 saturated carbocycles. The Morgan fingerprint density at radius 3 is 3.09 bits per heavy atom. The molecule has 0 radical (unpaired) electrons. The molecule has 0 fully saturated rings. The van der Waals surface area contributed by atoms with E-state index in [-0.39, 0.29) is 11.6 Å². The number of methoxy groups -OCH3 is 1. The molecule has 1 aromatic carbocycles. The summed E-state index contributed by atoms with van der Waals surface area (Å²) in [6.07, 6.45) is 2.58. The largest absolute Gasteiger partial charge is 0.497 e. The van der Waals surface area contributed by atoms with Crippen molar-refractivity contribution in [3.8, 4) is 5.75 Å². The zero-order chi connectivity index (χ0) is 15.1.